The summed E-state index contributed by atoms with van der Waals surface area (Å²) in [6.07, 6.45) is 0.977. The monoisotopic (exact) mass is 492 g/mol. The maximum Gasteiger partial charge on any atom is 0.312 e. The molecular formula is C26H36O9. The van der Waals surface area contributed by atoms with Crippen molar-refractivity contribution in [2.75, 3.05) is 0 Å². The molecule has 1 N–H and O–H groups in total. The maximum atomic E-state index is 12.7. The van der Waals surface area contributed by atoms with Crippen molar-refractivity contribution in [2.24, 2.45) is 17.3 Å². The second-order valence-electron chi connectivity index (χ2n) is 10.3. The van der Waals surface area contributed by atoms with Crippen LogP contribution in [0.4, 0.5) is 0 Å². The zero-order valence-corrected chi connectivity index (χ0v) is 21.5. The van der Waals surface area contributed by atoms with Gasteiger partial charge in [0, 0.05) is 33.1 Å². The number of carbonyl (C=O) groups is 4. The van der Waals surface area contributed by atoms with Crippen LogP contribution in [-0.4, -0.2) is 59.0 Å². The number of fused-ring (bicyclic) bond motifs is 2. The number of ether oxygens (including phenoxy) is 4. The molecule has 9 nitrogen and oxygen atoms in total. The minimum atomic E-state index is -1.92. The Morgan fingerprint density at radius 1 is 1.03 bits per heavy atom. The summed E-state index contributed by atoms with van der Waals surface area (Å²) in [5, 5.41) is 12.2. The van der Waals surface area contributed by atoms with Crippen LogP contribution >= 0.6 is 0 Å². The van der Waals surface area contributed by atoms with Gasteiger partial charge < -0.3 is 24.1 Å². The van der Waals surface area contributed by atoms with Crippen LogP contribution in [0.2, 0.25) is 0 Å². The quantitative estimate of drug-likeness (QED) is 0.359. The standard InChI is InChI=1S/C26H36O9/c1-13-8-10-19(32-16(4)27)25(7)20(33-17(5)28)11-9-14(2)22(25)23(34-18(6)29)26(31)15(3)24(30)35-21(26)12-13/h9,12,15,19-23,31H,8,10-11H2,1-7H3/b13-12-/t15-,19+,20-,21-,22+,23+,25-,26-/m0/s1. The number of hydrogen-bond acceptors (Lipinski definition) is 9. The molecule has 35 heavy (non-hydrogen) atoms. The maximum absolute atomic E-state index is 12.7. The van der Waals surface area contributed by atoms with E-state index in [2.05, 4.69) is 0 Å². The van der Waals surface area contributed by atoms with Crippen LogP contribution in [0, 0.1) is 17.3 Å². The van der Waals surface area contributed by atoms with Gasteiger partial charge in [-0.15, -0.1) is 0 Å². The van der Waals surface area contributed by atoms with Crippen molar-refractivity contribution in [3.05, 3.63) is 23.3 Å². The van der Waals surface area contributed by atoms with E-state index < -0.39 is 71.1 Å². The van der Waals surface area contributed by atoms with Gasteiger partial charge in [-0.1, -0.05) is 24.1 Å². The first-order chi connectivity index (χ1) is 16.2. The van der Waals surface area contributed by atoms with Crippen LogP contribution in [0.1, 0.15) is 67.7 Å². The molecule has 1 saturated heterocycles. The fourth-order valence-electron chi connectivity index (χ4n) is 6.05. The molecule has 0 saturated carbocycles. The third kappa shape index (κ3) is 4.75. The molecule has 1 fully saturated rings. The van der Waals surface area contributed by atoms with Crippen LogP contribution in [-0.2, 0) is 38.1 Å². The molecule has 0 spiro atoms. The summed E-state index contributed by atoms with van der Waals surface area (Å²) in [5.74, 6) is -4.05. The van der Waals surface area contributed by atoms with Crippen LogP contribution in [0.5, 0.6) is 0 Å². The first-order valence-corrected chi connectivity index (χ1v) is 12.0. The molecule has 8 atom stereocenters. The van der Waals surface area contributed by atoms with Gasteiger partial charge in [-0.25, -0.2) is 0 Å². The molecule has 0 aromatic rings. The number of aliphatic hydroxyl groups is 1. The van der Waals surface area contributed by atoms with Gasteiger partial charge in [0.2, 0.25) is 0 Å². The summed E-state index contributed by atoms with van der Waals surface area (Å²) in [5.41, 5.74) is -1.44. The number of hydrogen-bond donors (Lipinski definition) is 1. The molecule has 0 amide bonds. The predicted molar refractivity (Wildman–Crippen MR) is 124 cm³/mol. The van der Waals surface area contributed by atoms with E-state index in [-0.39, 0.29) is 0 Å². The Morgan fingerprint density at radius 3 is 2.17 bits per heavy atom. The summed E-state index contributed by atoms with van der Waals surface area (Å²) in [7, 11) is 0. The highest BCUT2D eigenvalue weighted by atomic mass is 16.6. The fourth-order valence-corrected chi connectivity index (χ4v) is 6.05. The minimum absolute atomic E-state index is 0.352. The zero-order valence-electron chi connectivity index (χ0n) is 21.5. The summed E-state index contributed by atoms with van der Waals surface area (Å²) < 4.78 is 23.0. The number of rotatable bonds is 3. The van der Waals surface area contributed by atoms with Crippen molar-refractivity contribution in [3.8, 4) is 0 Å². The van der Waals surface area contributed by atoms with Gasteiger partial charge in [-0.3, -0.25) is 19.2 Å². The van der Waals surface area contributed by atoms with Crippen molar-refractivity contribution in [1.82, 2.24) is 0 Å². The van der Waals surface area contributed by atoms with E-state index in [1.54, 1.807) is 13.0 Å². The summed E-state index contributed by atoms with van der Waals surface area (Å²) in [4.78, 5) is 49.4. The van der Waals surface area contributed by atoms with E-state index in [1.807, 2.05) is 26.8 Å². The lowest BCUT2D eigenvalue weighted by Crippen LogP contribution is -2.65. The van der Waals surface area contributed by atoms with Gasteiger partial charge in [0.1, 0.15) is 18.3 Å². The minimum Gasteiger partial charge on any atom is -0.462 e. The fraction of sp³-hybridized carbons (Fsp3) is 0.692. The molecule has 0 aromatic carbocycles. The highest BCUT2D eigenvalue weighted by Gasteiger charge is 2.67. The zero-order chi connectivity index (χ0) is 26.3. The third-order valence-corrected chi connectivity index (χ3v) is 7.85. The molecule has 3 rings (SSSR count). The molecule has 9 heteroatoms. The Hall–Kier alpha value is -2.68. The van der Waals surface area contributed by atoms with E-state index in [1.165, 1.54) is 20.8 Å². The molecule has 0 aromatic heterocycles. The molecule has 0 radical (unpaired) electrons. The van der Waals surface area contributed by atoms with Gasteiger partial charge in [0.15, 0.2) is 11.7 Å². The second kappa shape index (κ2) is 9.76. The van der Waals surface area contributed by atoms with Gasteiger partial charge in [-0.05, 0) is 39.7 Å². The third-order valence-electron chi connectivity index (χ3n) is 7.85. The normalized spacial score (nSPS) is 40.6. The van der Waals surface area contributed by atoms with Crippen LogP contribution in [0.3, 0.4) is 0 Å². The van der Waals surface area contributed by atoms with Crippen molar-refractivity contribution in [1.29, 1.82) is 0 Å². The largest absolute Gasteiger partial charge is 0.462 e. The van der Waals surface area contributed by atoms with Crippen LogP contribution < -0.4 is 0 Å². The number of esters is 4. The number of allylic oxidation sites excluding steroid dienone is 1. The lowest BCUT2D eigenvalue weighted by molar-refractivity contribution is -0.216. The van der Waals surface area contributed by atoms with Crippen LogP contribution in [0.25, 0.3) is 0 Å². The second-order valence-corrected chi connectivity index (χ2v) is 10.3. The lowest BCUT2D eigenvalue weighted by Gasteiger charge is -2.54. The van der Waals surface area contributed by atoms with E-state index >= 15 is 0 Å². The molecule has 1 heterocycles. The van der Waals surface area contributed by atoms with Gasteiger partial charge in [0.05, 0.1) is 11.3 Å². The highest BCUT2D eigenvalue weighted by molar-refractivity contribution is 5.77. The average Bonchev–Trinajstić information content (AvgIpc) is 2.95. The molecular weight excluding hydrogens is 456 g/mol. The molecule has 0 unspecified atom stereocenters. The van der Waals surface area contributed by atoms with E-state index in [0.29, 0.717) is 19.3 Å². The predicted octanol–water partition coefficient (Wildman–Crippen LogP) is 2.79. The Bertz CT molecular complexity index is 966. The first-order valence-electron chi connectivity index (χ1n) is 12.0. The van der Waals surface area contributed by atoms with Crippen molar-refractivity contribution in [2.45, 2.75) is 97.7 Å². The molecule has 2 aliphatic carbocycles. The Labute approximate surface area is 205 Å². The lowest BCUT2D eigenvalue weighted by atomic mass is 9.56. The summed E-state index contributed by atoms with van der Waals surface area (Å²) >= 11 is 0. The van der Waals surface area contributed by atoms with E-state index in [4.69, 9.17) is 18.9 Å². The summed E-state index contributed by atoms with van der Waals surface area (Å²) in [6, 6.07) is 0. The van der Waals surface area contributed by atoms with Crippen molar-refractivity contribution < 1.29 is 43.2 Å². The van der Waals surface area contributed by atoms with Gasteiger partial charge >= 0.3 is 23.9 Å². The Kier molecular flexibility index (Phi) is 7.50. The van der Waals surface area contributed by atoms with Gasteiger partial charge in [-0.2, -0.15) is 0 Å². The molecule has 1 aliphatic heterocycles. The van der Waals surface area contributed by atoms with Crippen molar-refractivity contribution in [3.63, 3.8) is 0 Å². The molecule has 0 bridgehead atoms. The van der Waals surface area contributed by atoms with E-state index in [9.17, 15) is 24.3 Å². The summed E-state index contributed by atoms with van der Waals surface area (Å²) in [6.45, 7) is 10.9. The van der Waals surface area contributed by atoms with Gasteiger partial charge in [0.25, 0.3) is 0 Å². The molecule has 3 aliphatic rings. The van der Waals surface area contributed by atoms with Crippen LogP contribution in [0.15, 0.2) is 23.3 Å². The topological polar surface area (TPSA) is 125 Å². The Balaban J connectivity index is 2.34. The first kappa shape index (κ1) is 26.9. The van der Waals surface area contributed by atoms with Crippen molar-refractivity contribution >= 4 is 23.9 Å². The Morgan fingerprint density at radius 2 is 1.60 bits per heavy atom. The average molecular weight is 493 g/mol. The smallest absolute Gasteiger partial charge is 0.312 e. The molecule has 194 valence electrons. The van der Waals surface area contributed by atoms with E-state index in [0.717, 1.165) is 11.1 Å². The highest BCUT2D eigenvalue weighted by Crippen LogP contribution is 2.55. The number of carbonyl (C=O) groups excluding carboxylic acids is 4. The SMILES string of the molecule is CC(=O)O[C@H]1CC=C(C)[C@@H]2[C@@H](OC(C)=O)[C@@]3(O)[C@H](/C=C(/C)CC[C@@H](OC(C)=O)[C@@]12C)OC(=O)[C@@H]3C.